The third-order valence-corrected chi connectivity index (χ3v) is 4.50. The molecule has 0 spiro atoms. The van der Waals surface area contributed by atoms with Crippen molar-refractivity contribution in [3.05, 3.63) is 47.2 Å². The van der Waals surface area contributed by atoms with E-state index in [-0.39, 0.29) is 5.76 Å². The number of carbonyl (C=O) groups is 1. The van der Waals surface area contributed by atoms with E-state index in [1.54, 1.807) is 18.2 Å². The molecule has 3 N–H and O–H groups in total. The van der Waals surface area contributed by atoms with Crippen molar-refractivity contribution in [3.8, 4) is 11.3 Å². The smallest absolute Gasteiger partial charge is 0.305 e. The lowest BCUT2D eigenvalue weighted by molar-refractivity contribution is 0.0916. The van der Waals surface area contributed by atoms with Gasteiger partial charge in [0, 0.05) is 11.6 Å². The van der Waals surface area contributed by atoms with Crippen LogP contribution in [0.5, 0.6) is 0 Å². The van der Waals surface area contributed by atoms with Crippen LogP contribution in [0, 0.1) is 0 Å². The summed E-state index contributed by atoms with van der Waals surface area (Å²) in [5.41, 5.74) is 5.98. The van der Waals surface area contributed by atoms with Crippen LogP contribution >= 0.6 is 23.8 Å². The highest BCUT2D eigenvalue weighted by molar-refractivity contribution is 7.80. The predicted octanol–water partition coefficient (Wildman–Crippen LogP) is 3.65. The van der Waals surface area contributed by atoms with E-state index in [2.05, 4.69) is 16.2 Å². The summed E-state index contributed by atoms with van der Waals surface area (Å²) in [6, 6.07) is 11.0. The zero-order valence-corrected chi connectivity index (χ0v) is 14.5. The number of hydrogen-bond donors (Lipinski definition) is 3. The summed E-state index contributed by atoms with van der Waals surface area (Å²) in [4.78, 5) is 12.1. The minimum absolute atomic E-state index is 0.182. The number of hydrazine groups is 1. The molecule has 0 atom stereocenters. The van der Waals surface area contributed by atoms with E-state index in [1.165, 1.54) is 12.8 Å². The Bertz CT molecular complexity index is 741. The first-order valence-electron chi connectivity index (χ1n) is 7.85. The van der Waals surface area contributed by atoms with Gasteiger partial charge in [-0.15, -0.1) is 0 Å². The van der Waals surface area contributed by atoms with Gasteiger partial charge in [0.25, 0.3) is 0 Å². The molecular weight excluding hydrogens is 346 g/mol. The maximum absolute atomic E-state index is 12.1. The van der Waals surface area contributed by atoms with E-state index in [0.29, 0.717) is 21.9 Å². The van der Waals surface area contributed by atoms with Crippen molar-refractivity contribution in [1.82, 2.24) is 16.2 Å². The van der Waals surface area contributed by atoms with E-state index in [9.17, 15) is 4.79 Å². The molecule has 0 bridgehead atoms. The van der Waals surface area contributed by atoms with Crippen molar-refractivity contribution in [2.75, 3.05) is 0 Å². The Morgan fingerprint density at radius 1 is 1.12 bits per heavy atom. The molecule has 5 nitrogen and oxygen atoms in total. The molecule has 1 heterocycles. The monoisotopic (exact) mass is 363 g/mol. The molecule has 3 rings (SSSR count). The molecule has 0 aliphatic heterocycles. The third kappa shape index (κ3) is 4.07. The summed E-state index contributed by atoms with van der Waals surface area (Å²) in [6.45, 7) is 0. The topological polar surface area (TPSA) is 66.3 Å². The Morgan fingerprint density at radius 3 is 2.62 bits per heavy atom. The molecule has 0 saturated heterocycles. The van der Waals surface area contributed by atoms with Gasteiger partial charge in [0.15, 0.2) is 10.9 Å². The van der Waals surface area contributed by atoms with E-state index in [4.69, 9.17) is 28.2 Å². The van der Waals surface area contributed by atoms with Crippen molar-refractivity contribution >= 4 is 34.8 Å². The van der Waals surface area contributed by atoms with Gasteiger partial charge < -0.3 is 9.73 Å². The predicted molar refractivity (Wildman–Crippen MR) is 97.7 cm³/mol. The quantitative estimate of drug-likeness (QED) is 0.573. The van der Waals surface area contributed by atoms with Gasteiger partial charge in [-0.3, -0.25) is 15.6 Å². The number of amides is 1. The number of furan rings is 1. The normalized spacial score (nSPS) is 14.4. The summed E-state index contributed by atoms with van der Waals surface area (Å²) in [7, 11) is 0. The summed E-state index contributed by atoms with van der Waals surface area (Å²) in [5.74, 6) is 0.322. The van der Waals surface area contributed by atoms with E-state index < -0.39 is 5.91 Å². The first kappa shape index (κ1) is 16.8. The molecule has 7 heteroatoms. The Labute approximate surface area is 150 Å². The van der Waals surface area contributed by atoms with Crippen molar-refractivity contribution in [3.63, 3.8) is 0 Å². The number of rotatable bonds is 3. The van der Waals surface area contributed by atoms with E-state index in [1.807, 2.05) is 18.2 Å². The van der Waals surface area contributed by atoms with Gasteiger partial charge in [-0.25, -0.2) is 0 Å². The number of benzene rings is 1. The Morgan fingerprint density at radius 2 is 1.88 bits per heavy atom. The highest BCUT2D eigenvalue weighted by atomic mass is 35.5. The number of carbonyl (C=O) groups excluding carboxylic acids is 1. The van der Waals surface area contributed by atoms with Crippen LogP contribution < -0.4 is 16.2 Å². The number of nitrogens with one attached hydrogen (secondary N) is 3. The molecule has 1 aliphatic rings. The summed E-state index contributed by atoms with van der Waals surface area (Å²) >= 11 is 11.3. The minimum Gasteiger partial charge on any atom is -0.451 e. The lowest BCUT2D eigenvalue weighted by Gasteiger charge is -2.15. The lowest BCUT2D eigenvalue weighted by Crippen LogP contribution is -2.49. The highest BCUT2D eigenvalue weighted by Crippen LogP contribution is 2.28. The zero-order chi connectivity index (χ0) is 16.9. The molecule has 126 valence electrons. The van der Waals surface area contributed by atoms with Gasteiger partial charge in [0.2, 0.25) is 0 Å². The van der Waals surface area contributed by atoms with Gasteiger partial charge in [-0.1, -0.05) is 36.6 Å². The standard InChI is InChI=1S/C17H18ClN3O2S/c18-13-8-4-3-7-12(13)14-9-10-15(23-14)16(22)20-21-17(24)19-11-5-1-2-6-11/h3-4,7-11H,1-2,5-6H2,(H,20,22)(H2,19,21,24). The van der Waals surface area contributed by atoms with E-state index >= 15 is 0 Å². The largest absolute Gasteiger partial charge is 0.451 e. The van der Waals surface area contributed by atoms with Crippen LogP contribution in [0.4, 0.5) is 0 Å². The Balaban J connectivity index is 1.56. The van der Waals surface area contributed by atoms with Crippen molar-refractivity contribution in [2.24, 2.45) is 0 Å². The van der Waals surface area contributed by atoms with Gasteiger partial charge >= 0.3 is 5.91 Å². The summed E-state index contributed by atoms with van der Waals surface area (Å²) < 4.78 is 5.58. The maximum Gasteiger partial charge on any atom is 0.305 e. The highest BCUT2D eigenvalue weighted by Gasteiger charge is 2.17. The van der Waals surface area contributed by atoms with Crippen LogP contribution in [0.3, 0.4) is 0 Å². The van der Waals surface area contributed by atoms with E-state index in [0.717, 1.165) is 18.4 Å². The zero-order valence-electron chi connectivity index (χ0n) is 13.0. The van der Waals surface area contributed by atoms with Gasteiger partial charge in [0.1, 0.15) is 5.76 Å². The molecule has 1 amide bonds. The molecule has 24 heavy (non-hydrogen) atoms. The summed E-state index contributed by atoms with van der Waals surface area (Å²) in [5, 5.41) is 4.16. The number of thiocarbonyl (C=S) groups is 1. The molecule has 1 saturated carbocycles. The molecular formula is C17H18ClN3O2S. The van der Waals surface area contributed by atoms with Crippen molar-refractivity contribution < 1.29 is 9.21 Å². The average Bonchev–Trinajstić information content (AvgIpc) is 3.25. The second-order valence-electron chi connectivity index (χ2n) is 5.68. The SMILES string of the molecule is O=C(NNC(=S)NC1CCCC1)c1ccc(-c2ccccc2Cl)o1. The van der Waals surface area contributed by atoms with Crippen LogP contribution in [0.25, 0.3) is 11.3 Å². The van der Waals surface area contributed by atoms with Crippen LogP contribution in [-0.2, 0) is 0 Å². The first-order chi connectivity index (χ1) is 11.6. The fourth-order valence-corrected chi connectivity index (χ4v) is 3.18. The molecule has 2 aromatic rings. The van der Waals surface area contributed by atoms with Crippen molar-refractivity contribution in [2.45, 2.75) is 31.7 Å². The van der Waals surface area contributed by atoms with Gasteiger partial charge in [0.05, 0.1) is 5.02 Å². The molecule has 1 aromatic carbocycles. The lowest BCUT2D eigenvalue weighted by atomic mass is 10.2. The van der Waals surface area contributed by atoms with Crippen LogP contribution in [0.2, 0.25) is 5.02 Å². The molecule has 0 radical (unpaired) electrons. The maximum atomic E-state index is 12.1. The van der Waals surface area contributed by atoms with Crippen LogP contribution in [-0.4, -0.2) is 17.1 Å². The summed E-state index contributed by atoms with van der Waals surface area (Å²) in [6.07, 6.45) is 4.64. The van der Waals surface area contributed by atoms with Crippen LogP contribution in [0.1, 0.15) is 36.2 Å². The number of halogens is 1. The number of hydrogen-bond acceptors (Lipinski definition) is 3. The van der Waals surface area contributed by atoms with Crippen molar-refractivity contribution in [1.29, 1.82) is 0 Å². The molecule has 1 fully saturated rings. The second kappa shape index (κ2) is 7.68. The third-order valence-electron chi connectivity index (χ3n) is 3.95. The fourth-order valence-electron chi connectivity index (χ4n) is 2.73. The van der Waals surface area contributed by atoms with Gasteiger partial charge in [-0.05, 0) is 49.3 Å². The minimum atomic E-state index is -0.399. The Hall–Kier alpha value is -2.05. The second-order valence-corrected chi connectivity index (χ2v) is 6.49. The molecule has 1 aromatic heterocycles. The van der Waals surface area contributed by atoms with Crippen LogP contribution in [0.15, 0.2) is 40.8 Å². The Kier molecular flexibility index (Phi) is 5.37. The first-order valence-corrected chi connectivity index (χ1v) is 8.63. The fraction of sp³-hybridized carbons (Fsp3) is 0.294. The average molecular weight is 364 g/mol. The molecule has 0 unspecified atom stereocenters. The van der Waals surface area contributed by atoms with Gasteiger partial charge in [-0.2, -0.15) is 0 Å². The molecule has 1 aliphatic carbocycles.